The number of carbonyl (C=O) groups is 1. The number of amides is 1. The number of rotatable bonds is 7. The van der Waals surface area contributed by atoms with E-state index in [1.165, 1.54) is 43.4 Å². The van der Waals surface area contributed by atoms with E-state index in [0.717, 1.165) is 15.8 Å². The second kappa shape index (κ2) is 10.2. The Hall–Kier alpha value is -4.53. The second-order valence-electron chi connectivity index (χ2n) is 7.86. The highest BCUT2D eigenvalue weighted by molar-refractivity contribution is 5.95. The molecular formula is C26H22F2N4O3. The van der Waals surface area contributed by atoms with Gasteiger partial charge in [-0.05, 0) is 47.5 Å². The fourth-order valence-electron chi connectivity index (χ4n) is 3.42. The number of hydrogen-bond donors (Lipinski definition) is 3. The molecule has 35 heavy (non-hydrogen) atoms. The number of benzene rings is 3. The first-order valence-corrected chi connectivity index (χ1v) is 10.7. The number of hydrogen-bond acceptors (Lipinski definition) is 5. The standard InChI is InChI=1S/C26H22F2N4O3/c1-32-24(18-6-2-16(3-7-18)14-29-21-12-10-20(28)11-13-21)31-22(23(33)26(32)35)25(34)30-15-17-4-8-19(27)9-5-17/h2-13,29,33H,14-15H2,1H3,(H,30,34). The van der Waals surface area contributed by atoms with E-state index in [1.54, 1.807) is 24.3 Å². The van der Waals surface area contributed by atoms with Crippen LogP contribution in [-0.4, -0.2) is 20.6 Å². The first-order chi connectivity index (χ1) is 16.8. The van der Waals surface area contributed by atoms with Gasteiger partial charge in [0.05, 0.1) is 0 Å². The number of aromatic nitrogens is 2. The molecule has 0 unspecified atom stereocenters. The van der Waals surface area contributed by atoms with Gasteiger partial charge in [0.2, 0.25) is 5.75 Å². The maximum atomic E-state index is 13.1. The zero-order valence-corrected chi connectivity index (χ0v) is 18.8. The summed E-state index contributed by atoms with van der Waals surface area (Å²) in [7, 11) is 1.45. The van der Waals surface area contributed by atoms with Gasteiger partial charge in [-0.25, -0.2) is 13.8 Å². The average molecular weight is 476 g/mol. The molecule has 1 heterocycles. The molecule has 0 fully saturated rings. The Balaban J connectivity index is 1.51. The minimum atomic E-state index is -0.760. The summed E-state index contributed by atoms with van der Waals surface area (Å²) in [6, 6.07) is 18.8. The van der Waals surface area contributed by atoms with E-state index in [-0.39, 0.29) is 18.2 Å². The van der Waals surface area contributed by atoms with Crippen molar-refractivity contribution in [2.75, 3.05) is 5.32 Å². The number of anilines is 1. The monoisotopic (exact) mass is 476 g/mol. The molecule has 0 aliphatic carbocycles. The van der Waals surface area contributed by atoms with Crippen LogP contribution >= 0.6 is 0 Å². The third kappa shape index (κ3) is 5.52. The molecular weight excluding hydrogens is 454 g/mol. The van der Waals surface area contributed by atoms with Crippen molar-refractivity contribution in [1.29, 1.82) is 0 Å². The van der Waals surface area contributed by atoms with Crippen LogP contribution in [0.1, 0.15) is 21.6 Å². The predicted molar refractivity (Wildman–Crippen MR) is 128 cm³/mol. The molecule has 7 nitrogen and oxygen atoms in total. The fraction of sp³-hybridized carbons (Fsp3) is 0.115. The quantitative estimate of drug-likeness (QED) is 0.375. The van der Waals surface area contributed by atoms with Crippen LogP contribution in [0.4, 0.5) is 14.5 Å². The van der Waals surface area contributed by atoms with Crippen molar-refractivity contribution in [1.82, 2.24) is 14.9 Å². The maximum absolute atomic E-state index is 13.1. The highest BCUT2D eigenvalue weighted by Gasteiger charge is 2.20. The van der Waals surface area contributed by atoms with Crippen molar-refractivity contribution in [3.8, 4) is 17.1 Å². The largest absolute Gasteiger partial charge is 0.501 e. The van der Waals surface area contributed by atoms with Crippen molar-refractivity contribution in [3.05, 3.63) is 112 Å². The summed E-state index contributed by atoms with van der Waals surface area (Å²) in [5.74, 6) is -1.99. The lowest BCUT2D eigenvalue weighted by molar-refractivity contribution is 0.0942. The molecule has 3 N–H and O–H groups in total. The minimum Gasteiger partial charge on any atom is -0.501 e. The molecule has 0 saturated heterocycles. The Bertz CT molecular complexity index is 1400. The first kappa shape index (κ1) is 23.6. The number of nitrogens with one attached hydrogen (secondary N) is 2. The number of halogens is 2. The van der Waals surface area contributed by atoms with E-state index in [1.807, 2.05) is 12.1 Å². The number of aromatic hydroxyl groups is 1. The van der Waals surface area contributed by atoms with Crippen LogP contribution in [0.2, 0.25) is 0 Å². The molecule has 0 spiro atoms. The first-order valence-electron chi connectivity index (χ1n) is 10.7. The normalized spacial score (nSPS) is 10.7. The summed E-state index contributed by atoms with van der Waals surface area (Å²) in [4.78, 5) is 29.5. The number of carbonyl (C=O) groups excluding carboxylic acids is 1. The molecule has 0 saturated carbocycles. The van der Waals surface area contributed by atoms with Crippen LogP contribution in [0.15, 0.2) is 77.6 Å². The summed E-state index contributed by atoms with van der Waals surface area (Å²) in [5.41, 5.74) is 1.76. The van der Waals surface area contributed by atoms with Crippen molar-refractivity contribution in [3.63, 3.8) is 0 Å². The zero-order chi connectivity index (χ0) is 24.9. The molecule has 4 rings (SSSR count). The van der Waals surface area contributed by atoms with E-state index in [0.29, 0.717) is 17.7 Å². The van der Waals surface area contributed by atoms with Gasteiger partial charge < -0.3 is 15.7 Å². The van der Waals surface area contributed by atoms with Crippen LogP contribution in [0, 0.1) is 11.6 Å². The summed E-state index contributed by atoms with van der Waals surface area (Å²) >= 11 is 0. The van der Waals surface area contributed by atoms with E-state index in [9.17, 15) is 23.5 Å². The van der Waals surface area contributed by atoms with E-state index in [2.05, 4.69) is 15.6 Å². The Kier molecular flexibility index (Phi) is 6.86. The van der Waals surface area contributed by atoms with Gasteiger partial charge in [0.25, 0.3) is 11.5 Å². The molecule has 9 heteroatoms. The zero-order valence-electron chi connectivity index (χ0n) is 18.8. The molecule has 0 aliphatic rings. The van der Waals surface area contributed by atoms with Crippen molar-refractivity contribution < 1.29 is 18.7 Å². The second-order valence-corrected chi connectivity index (χ2v) is 7.86. The SMILES string of the molecule is Cn1c(-c2ccc(CNc3ccc(F)cc3)cc2)nc(C(=O)NCc2ccc(F)cc2)c(O)c1=O. The van der Waals surface area contributed by atoms with Crippen LogP contribution in [0.25, 0.3) is 11.4 Å². The van der Waals surface area contributed by atoms with Gasteiger partial charge in [0, 0.05) is 31.4 Å². The lowest BCUT2D eigenvalue weighted by atomic mass is 10.1. The van der Waals surface area contributed by atoms with Crippen LogP contribution in [0.5, 0.6) is 5.75 Å². The van der Waals surface area contributed by atoms with Gasteiger partial charge >= 0.3 is 0 Å². The molecule has 0 bridgehead atoms. The average Bonchev–Trinajstić information content (AvgIpc) is 2.87. The Morgan fingerprint density at radius 3 is 2.06 bits per heavy atom. The van der Waals surface area contributed by atoms with Gasteiger partial charge in [0.1, 0.15) is 17.5 Å². The third-order valence-electron chi connectivity index (χ3n) is 5.40. The van der Waals surface area contributed by atoms with Crippen molar-refractivity contribution in [2.45, 2.75) is 13.1 Å². The molecule has 0 atom stereocenters. The maximum Gasteiger partial charge on any atom is 0.296 e. The topological polar surface area (TPSA) is 96.2 Å². The van der Waals surface area contributed by atoms with Gasteiger partial charge in [-0.2, -0.15) is 0 Å². The highest BCUT2D eigenvalue weighted by Crippen LogP contribution is 2.20. The van der Waals surface area contributed by atoms with Crippen LogP contribution in [-0.2, 0) is 20.1 Å². The van der Waals surface area contributed by atoms with Gasteiger partial charge in [-0.15, -0.1) is 0 Å². The Labute approximate surface area is 199 Å². The van der Waals surface area contributed by atoms with Crippen molar-refractivity contribution >= 4 is 11.6 Å². The van der Waals surface area contributed by atoms with Gasteiger partial charge in [-0.1, -0.05) is 36.4 Å². The van der Waals surface area contributed by atoms with Gasteiger partial charge in [0.15, 0.2) is 5.69 Å². The number of nitrogens with zero attached hydrogens (tertiary/aromatic N) is 2. The fourth-order valence-corrected chi connectivity index (χ4v) is 3.42. The van der Waals surface area contributed by atoms with Crippen LogP contribution in [0.3, 0.4) is 0 Å². The summed E-state index contributed by atoms with van der Waals surface area (Å²) in [6.07, 6.45) is 0. The van der Waals surface area contributed by atoms with Crippen LogP contribution < -0.4 is 16.2 Å². The summed E-state index contributed by atoms with van der Waals surface area (Å²) < 4.78 is 27.3. The molecule has 4 aromatic rings. The van der Waals surface area contributed by atoms with E-state index < -0.39 is 28.7 Å². The summed E-state index contributed by atoms with van der Waals surface area (Å²) in [5, 5.41) is 16.0. The molecule has 3 aromatic carbocycles. The molecule has 1 aromatic heterocycles. The van der Waals surface area contributed by atoms with Crippen molar-refractivity contribution in [2.24, 2.45) is 7.05 Å². The molecule has 1 amide bonds. The summed E-state index contributed by atoms with van der Waals surface area (Å²) in [6.45, 7) is 0.561. The molecule has 178 valence electrons. The highest BCUT2D eigenvalue weighted by atomic mass is 19.1. The third-order valence-corrected chi connectivity index (χ3v) is 5.40. The Morgan fingerprint density at radius 1 is 0.886 bits per heavy atom. The smallest absolute Gasteiger partial charge is 0.296 e. The molecule has 0 aliphatic heterocycles. The van der Waals surface area contributed by atoms with E-state index >= 15 is 0 Å². The van der Waals surface area contributed by atoms with Gasteiger partial charge in [-0.3, -0.25) is 14.2 Å². The van der Waals surface area contributed by atoms with E-state index in [4.69, 9.17) is 0 Å². The lowest BCUT2D eigenvalue weighted by Crippen LogP contribution is -2.29. The predicted octanol–water partition coefficient (Wildman–Crippen LogP) is 3.97. The minimum absolute atomic E-state index is 0.0700. The lowest BCUT2D eigenvalue weighted by Gasteiger charge is -2.13. The molecule has 0 radical (unpaired) electrons. The Morgan fingerprint density at radius 2 is 1.43 bits per heavy atom.